The predicted molar refractivity (Wildman–Crippen MR) is 182 cm³/mol. The number of halogens is 1. The number of aryl methyl sites for hydroxylation is 2. The summed E-state index contributed by atoms with van der Waals surface area (Å²) in [5.74, 6) is 0. The minimum atomic E-state index is -3.21. The molecule has 4 aromatic carbocycles. The third-order valence-corrected chi connectivity index (χ3v) is 10.3. The number of fused-ring (bicyclic) bond motifs is 2. The van der Waals surface area contributed by atoms with Gasteiger partial charge < -0.3 is 9.13 Å². The molecule has 0 aliphatic carbocycles. The standard InChI is InChI=1S/C17H13BrN2O2S.C17H14N2O2S/c1-11-8-17-14(9-16(11)19-2)15(18)10-20(17)12-4-6-13(7-5-12)23(3,21)22;1-12-10-17-13(11-16(12)18-2)8-9-19(17)14-4-6-15(7-5-14)22(3,20)21/h4-10H,1,3H3;4-11H,1,3H3. The fourth-order valence-corrected chi connectivity index (χ4v) is 6.77. The summed E-state index contributed by atoms with van der Waals surface area (Å²) in [6, 6.07) is 23.2. The molecule has 8 nitrogen and oxygen atoms in total. The van der Waals surface area contributed by atoms with Gasteiger partial charge in [-0.15, -0.1) is 0 Å². The molecule has 6 rings (SSSR count). The van der Waals surface area contributed by atoms with Crippen molar-refractivity contribution in [3.63, 3.8) is 0 Å². The van der Waals surface area contributed by atoms with Crippen molar-refractivity contribution in [3.05, 3.63) is 130 Å². The Morgan fingerprint density at radius 3 is 1.60 bits per heavy atom. The zero-order valence-corrected chi connectivity index (χ0v) is 28.0. The van der Waals surface area contributed by atoms with Crippen LogP contribution in [0.4, 0.5) is 11.4 Å². The van der Waals surface area contributed by atoms with Gasteiger partial charge in [0.25, 0.3) is 0 Å². The second kappa shape index (κ2) is 12.0. The van der Waals surface area contributed by atoms with Gasteiger partial charge in [-0.3, -0.25) is 0 Å². The van der Waals surface area contributed by atoms with Gasteiger partial charge in [0.15, 0.2) is 31.0 Å². The van der Waals surface area contributed by atoms with Crippen LogP contribution in [-0.4, -0.2) is 38.5 Å². The SMILES string of the molecule is [C-]#[N+]c1cc2c(Br)cn(-c3ccc(S(C)(=O)=O)cc3)c2cc1C.[C-]#[N+]c1cc2ccn(-c3ccc(S(C)(=O)=O)cc3)c2cc1C. The second-order valence-electron chi connectivity index (χ2n) is 10.6. The molecule has 0 radical (unpaired) electrons. The highest BCUT2D eigenvalue weighted by Crippen LogP contribution is 2.34. The van der Waals surface area contributed by atoms with Gasteiger partial charge in [-0.2, -0.15) is 0 Å². The normalized spacial score (nSPS) is 11.5. The monoisotopic (exact) mass is 698 g/mol. The first kappa shape index (κ1) is 31.7. The lowest BCUT2D eigenvalue weighted by molar-refractivity contribution is 0.600. The van der Waals surface area contributed by atoms with E-state index in [1.807, 2.05) is 65.7 Å². The molecule has 226 valence electrons. The number of benzene rings is 4. The summed E-state index contributed by atoms with van der Waals surface area (Å²) < 4.78 is 51.0. The van der Waals surface area contributed by atoms with Gasteiger partial charge in [0.1, 0.15) is 0 Å². The molecule has 0 saturated heterocycles. The average Bonchev–Trinajstić information content (AvgIpc) is 3.55. The van der Waals surface area contributed by atoms with Crippen LogP contribution in [-0.2, 0) is 19.7 Å². The van der Waals surface area contributed by atoms with Crippen molar-refractivity contribution in [2.24, 2.45) is 0 Å². The van der Waals surface area contributed by atoms with Crippen molar-refractivity contribution in [2.75, 3.05) is 12.5 Å². The summed E-state index contributed by atoms with van der Waals surface area (Å²) in [6.45, 7) is 18.2. The largest absolute Gasteiger partial charge is 0.317 e. The van der Waals surface area contributed by atoms with Gasteiger partial charge in [-0.25, -0.2) is 26.5 Å². The molecule has 2 heterocycles. The van der Waals surface area contributed by atoms with E-state index in [2.05, 4.69) is 25.6 Å². The molecule has 0 unspecified atom stereocenters. The second-order valence-corrected chi connectivity index (χ2v) is 15.5. The lowest BCUT2D eigenvalue weighted by Gasteiger charge is -2.08. The Morgan fingerprint density at radius 1 is 0.644 bits per heavy atom. The van der Waals surface area contributed by atoms with Crippen molar-refractivity contribution < 1.29 is 16.8 Å². The van der Waals surface area contributed by atoms with E-state index in [1.165, 1.54) is 12.5 Å². The molecule has 0 amide bonds. The summed E-state index contributed by atoms with van der Waals surface area (Å²) >= 11 is 3.53. The van der Waals surface area contributed by atoms with E-state index < -0.39 is 19.7 Å². The maximum Gasteiger partial charge on any atom is 0.190 e. The van der Waals surface area contributed by atoms with E-state index in [0.29, 0.717) is 21.2 Å². The van der Waals surface area contributed by atoms with Crippen molar-refractivity contribution in [2.45, 2.75) is 23.6 Å². The minimum absolute atomic E-state index is 0.295. The van der Waals surface area contributed by atoms with Crippen LogP contribution in [0.3, 0.4) is 0 Å². The Labute approximate surface area is 270 Å². The molecule has 0 atom stereocenters. The molecule has 6 aromatic rings. The molecule has 0 aliphatic heterocycles. The zero-order valence-electron chi connectivity index (χ0n) is 24.8. The van der Waals surface area contributed by atoms with Crippen molar-refractivity contribution in [1.82, 2.24) is 9.13 Å². The maximum absolute atomic E-state index is 11.6. The van der Waals surface area contributed by atoms with Gasteiger partial charge in [-0.1, -0.05) is 0 Å². The number of aromatic nitrogens is 2. The highest BCUT2D eigenvalue weighted by Gasteiger charge is 2.13. The van der Waals surface area contributed by atoms with Crippen LogP contribution in [0, 0.1) is 27.0 Å². The molecule has 0 N–H and O–H groups in total. The number of sulfone groups is 2. The first-order chi connectivity index (χ1) is 21.2. The predicted octanol–water partition coefficient (Wildman–Crippen LogP) is 8.55. The van der Waals surface area contributed by atoms with Crippen LogP contribution in [0.2, 0.25) is 0 Å². The van der Waals surface area contributed by atoms with Crippen molar-refractivity contribution >= 4 is 68.8 Å². The Hall–Kier alpha value is -4.68. The van der Waals surface area contributed by atoms with Gasteiger partial charge in [-0.05, 0) is 125 Å². The molecule has 2 aromatic heterocycles. The van der Waals surface area contributed by atoms with Gasteiger partial charge >= 0.3 is 0 Å². The fourth-order valence-electron chi connectivity index (χ4n) is 4.99. The number of hydrogen-bond acceptors (Lipinski definition) is 4. The Kier molecular flexibility index (Phi) is 8.47. The Bertz CT molecular complexity index is 2410. The summed E-state index contributed by atoms with van der Waals surface area (Å²) in [5.41, 5.74) is 6.83. The van der Waals surface area contributed by atoms with Crippen molar-refractivity contribution in [1.29, 1.82) is 0 Å². The summed E-state index contributed by atoms with van der Waals surface area (Å²) in [5, 5.41) is 1.94. The third-order valence-electron chi connectivity index (χ3n) is 7.41. The van der Waals surface area contributed by atoms with Crippen LogP contribution >= 0.6 is 15.9 Å². The molecule has 0 spiro atoms. The lowest BCUT2D eigenvalue weighted by Crippen LogP contribution is -1.98. The molecule has 0 bridgehead atoms. The molecule has 0 aliphatic rings. The minimum Gasteiger partial charge on any atom is -0.317 e. The number of nitrogens with zero attached hydrogens (tertiary/aromatic N) is 4. The number of hydrogen-bond donors (Lipinski definition) is 0. The molecular weight excluding hydrogens is 672 g/mol. The van der Waals surface area contributed by atoms with E-state index in [-0.39, 0.29) is 0 Å². The topological polar surface area (TPSA) is 86.9 Å². The van der Waals surface area contributed by atoms with Crippen LogP contribution in [0.25, 0.3) is 42.9 Å². The molecule has 0 saturated carbocycles. The summed E-state index contributed by atoms with van der Waals surface area (Å²) in [4.78, 5) is 7.65. The Morgan fingerprint density at radius 2 is 1.11 bits per heavy atom. The van der Waals surface area contributed by atoms with Crippen LogP contribution in [0.5, 0.6) is 0 Å². The van der Waals surface area contributed by atoms with E-state index >= 15 is 0 Å². The van der Waals surface area contributed by atoms with Crippen LogP contribution < -0.4 is 0 Å². The van der Waals surface area contributed by atoms with E-state index in [1.54, 1.807) is 48.5 Å². The van der Waals surface area contributed by atoms with Gasteiger partial charge in [0.05, 0.1) is 34.0 Å². The van der Waals surface area contributed by atoms with E-state index in [0.717, 1.165) is 48.8 Å². The van der Waals surface area contributed by atoms with Crippen LogP contribution in [0.1, 0.15) is 11.1 Å². The maximum atomic E-state index is 11.6. The summed E-state index contributed by atoms with van der Waals surface area (Å²) in [7, 11) is -6.40. The number of rotatable bonds is 4. The van der Waals surface area contributed by atoms with Crippen molar-refractivity contribution in [3.8, 4) is 11.4 Å². The average molecular weight is 700 g/mol. The van der Waals surface area contributed by atoms with E-state index in [4.69, 9.17) is 13.1 Å². The highest BCUT2D eigenvalue weighted by atomic mass is 79.9. The van der Waals surface area contributed by atoms with Gasteiger partial charge in [0.2, 0.25) is 0 Å². The molecule has 11 heteroatoms. The first-order valence-electron chi connectivity index (χ1n) is 13.5. The quantitative estimate of drug-likeness (QED) is 0.173. The highest BCUT2D eigenvalue weighted by molar-refractivity contribution is 9.10. The fraction of sp³-hybridized carbons (Fsp3) is 0.118. The van der Waals surface area contributed by atoms with Gasteiger partial charge in [0, 0.05) is 46.1 Å². The Balaban J connectivity index is 0.000000178. The van der Waals surface area contributed by atoms with E-state index in [9.17, 15) is 16.8 Å². The zero-order chi connectivity index (χ0) is 32.7. The summed E-state index contributed by atoms with van der Waals surface area (Å²) in [6.07, 6.45) is 6.24. The molecule has 0 fully saturated rings. The molecule has 45 heavy (non-hydrogen) atoms. The molecular formula is C34H27BrN4O4S2. The smallest absolute Gasteiger partial charge is 0.190 e. The first-order valence-corrected chi connectivity index (χ1v) is 18.1. The third kappa shape index (κ3) is 6.43. The van der Waals surface area contributed by atoms with Crippen LogP contribution in [0.15, 0.2) is 106 Å². The lowest BCUT2D eigenvalue weighted by atomic mass is 10.1.